The molecule has 7 heteroatoms. The molecule has 0 saturated carbocycles. The number of methoxy groups -OCH3 is 1. The van der Waals surface area contributed by atoms with Crippen molar-refractivity contribution in [3.63, 3.8) is 0 Å². The predicted octanol–water partition coefficient (Wildman–Crippen LogP) is 2.73. The summed E-state index contributed by atoms with van der Waals surface area (Å²) in [7, 11) is 1.63. The van der Waals surface area contributed by atoms with Crippen molar-refractivity contribution in [3.05, 3.63) is 30.1 Å². The molecular weight excluding hydrogens is 320 g/mol. The van der Waals surface area contributed by atoms with E-state index in [0.717, 1.165) is 50.2 Å². The number of hydrogen-bond acceptors (Lipinski definition) is 5. The number of amides is 2. The van der Waals surface area contributed by atoms with Crippen molar-refractivity contribution in [1.82, 2.24) is 20.4 Å². The summed E-state index contributed by atoms with van der Waals surface area (Å²) in [4.78, 5) is 18.3. The molecule has 2 heterocycles. The van der Waals surface area contributed by atoms with Gasteiger partial charge in [-0.15, -0.1) is 0 Å². The molecule has 1 atom stereocenters. The molecule has 3 rings (SSSR count). The first-order valence-corrected chi connectivity index (χ1v) is 8.69. The maximum atomic E-state index is 12.0. The maximum absolute atomic E-state index is 12.0. The van der Waals surface area contributed by atoms with Crippen LogP contribution >= 0.6 is 0 Å². The summed E-state index contributed by atoms with van der Waals surface area (Å²) in [6.45, 7) is 4.28. The van der Waals surface area contributed by atoms with Gasteiger partial charge in [-0.3, -0.25) is 0 Å². The van der Waals surface area contributed by atoms with Gasteiger partial charge >= 0.3 is 6.03 Å². The second-order valence-corrected chi connectivity index (χ2v) is 6.28. The zero-order valence-electron chi connectivity index (χ0n) is 14.7. The molecule has 1 aliphatic heterocycles. The van der Waals surface area contributed by atoms with Crippen LogP contribution in [-0.4, -0.2) is 47.8 Å². The number of carbonyl (C=O) groups excluding carboxylic acids is 1. The third-order valence-electron chi connectivity index (χ3n) is 4.38. The Hall–Kier alpha value is -2.57. The molecule has 1 aromatic heterocycles. The standard InChI is InChI=1S/C18H24N4O3/c1-3-9-19-18(23)22-10-8-13(12-22)11-16-20-17(25-21-16)14-4-6-15(24-2)7-5-14/h4-7,13H,3,8-12H2,1-2H3,(H,19,23). The lowest BCUT2D eigenvalue weighted by Crippen LogP contribution is -2.38. The molecule has 0 aliphatic carbocycles. The van der Waals surface area contributed by atoms with E-state index in [1.54, 1.807) is 7.11 Å². The molecule has 1 unspecified atom stereocenters. The first-order valence-electron chi connectivity index (χ1n) is 8.69. The minimum Gasteiger partial charge on any atom is -0.497 e. The van der Waals surface area contributed by atoms with Crippen LogP contribution in [0.2, 0.25) is 0 Å². The number of hydrogen-bond donors (Lipinski definition) is 1. The van der Waals surface area contributed by atoms with Crippen molar-refractivity contribution >= 4 is 6.03 Å². The topological polar surface area (TPSA) is 80.5 Å². The predicted molar refractivity (Wildman–Crippen MR) is 93.4 cm³/mol. The van der Waals surface area contributed by atoms with E-state index in [2.05, 4.69) is 15.5 Å². The van der Waals surface area contributed by atoms with Crippen molar-refractivity contribution in [2.45, 2.75) is 26.2 Å². The fourth-order valence-corrected chi connectivity index (χ4v) is 2.97. The monoisotopic (exact) mass is 344 g/mol. The van der Waals surface area contributed by atoms with Crippen LogP contribution in [0.1, 0.15) is 25.6 Å². The maximum Gasteiger partial charge on any atom is 0.317 e. The van der Waals surface area contributed by atoms with E-state index in [-0.39, 0.29) is 6.03 Å². The Morgan fingerprint density at radius 2 is 2.20 bits per heavy atom. The summed E-state index contributed by atoms with van der Waals surface area (Å²) in [6, 6.07) is 7.54. The van der Waals surface area contributed by atoms with Crippen molar-refractivity contribution in [1.29, 1.82) is 0 Å². The molecule has 1 fully saturated rings. The van der Waals surface area contributed by atoms with Gasteiger partial charge in [0, 0.05) is 31.6 Å². The number of likely N-dealkylation sites (tertiary alicyclic amines) is 1. The second kappa shape index (κ2) is 8.00. The van der Waals surface area contributed by atoms with Gasteiger partial charge in [0.25, 0.3) is 5.89 Å². The minimum absolute atomic E-state index is 0.0244. The van der Waals surface area contributed by atoms with Crippen LogP contribution in [0.15, 0.2) is 28.8 Å². The lowest BCUT2D eigenvalue weighted by atomic mass is 10.1. The smallest absolute Gasteiger partial charge is 0.317 e. The Balaban J connectivity index is 1.56. The van der Waals surface area contributed by atoms with E-state index in [9.17, 15) is 4.79 Å². The zero-order chi connectivity index (χ0) is 17.6. The van der Waals surface area contributed by atoms with Gasteiger partial charge in [0.1, 0.15) is 5.75 Å². The van der Waals surface area contributed by atoms with Gasteiger partial charge in [-0.1, -0.05) is 12.1 Å². The normalized spacial score (nSPS) is 16.9. The number of ether oxygens (including phenoxy) is 1. The Labute approximate surface area is 147 Å². The average molecular weight is 344 g/mol. The highest BCUT2D eigenvalue weighted by Crippen LogP contribution is 2.23. The first-order chi connectivity index (χ1) is 12.2. The molecule has 25 heavy (non-hydrogen) atoms. The van der Waals surface area contributed by atoms with Crippen LogP contribution in [0.4, 0.5) is 4.79 Å². The number of rotatable bonds is 6. The van der Waals surface area contributed by atoms with Gasteiger partial charge in [-0.2, -0.15) is 4.98 Å². The molecule has 0 radical (unpaired) electrons. The number of benzene rings is 1. The van der Waals surface area contributed by atoms with E-state index in [4.69, 9.17) is 9.26 Å². The number of urea groups is 1. The van der Waals surface area contributed by atoms with E-state index in [1.165, 1.54) is 0 Å². The summed E-state index contributed by atoms with van der Waals surface area (Å²) >= 11 is 0. The number of nitrogens with zero attached hydrogens (tertiary/aromatic N) is 3. The number of aromatic nitrogens is 2. The molecule has 1 aliphatic rings. The number of carbonyl (C=O) groups is 1. The molecule has 0 bridgehead atoms. The van der Waals surface area contributed by atoms with E-state index in [1.807, 2.05) is 36.1 Å². The van der Waals surface area contributed by atoms with Gasteiger partial charge < -0.3 is 19.5 Å². The van der Waals surface area contributed by atoms with Crippen LogP contribution in [-0.2, 0) is 6.42 Å². The van der Waals surface area contributed by atoms with Crippen molar-refractivity contribution in [2.75, 3.05) is 26.7 Å². The quantitative estimate of drug-likeness (QED) is 0.871. The van der Waals surface area contributed by atoms with E-state index < -0.39 is 0 Å². The zero-order valence-corrected chi connectivity index (χ0v) is 14.7. The van der Waals surface area contributed by atoms with Crippen molar-refractivity contribution < 1.29 is 14.1 Å². The lowest BCUT2D eigenvalue weighted by molar-refractivity contribution is 0.207. The fourth-order valence-electron chi connectivity index (χ4n) is 2.97. The summed E-state index contributed by atoms with van der Waals surface area (Å²) < 4.78 is 10.5. The Morgan fingerprint density at radius 3 is 2.92 bits per heavy atom. The number of nitrogens with one attached hydrogen (secondary N) is 1. The highest BCUT2D eigenvalue weighted by atomic mass is 16.5. The Morgan fingerprint density at radius 1 is 1.40 bits per heavy atom. The van der Waals surface area contributed by atoms with Crippen LogP contribution in [0.25, 0.3) is 11.5 Å². The Kier molecular flexibility index (Phi) is 5.53. The van der Waals surface area contributed by atoms with Crippen LogP contribution in [0.3, 0.4) is 0 Å². The third-order valence-corrected chi connectivity index (χ3v) is 4.38. The van der Waals surface area contributed by atoms with Crippen molar-refractivity contribution in [2.24, 2.45) is 5.92 Å². The summed E-state index contributed by atoms with van der Waals surface area (Å²) in [5.41, 5.74) is 0.867. The summed E-state index contributed by atoms with van der Waals surface area (Å²) in [6.07, 6.45) is 2.63. The van der Waals surface area contributed by atoms with Gasteiger partial charge in [-0.05, 0) is 43.0 Å². The van der Waals surface area contributed by atoms with E-state index >= 15 is 0 Å². The second-order valence-electron chi connectivity index (χ2n) is 6.28. The highest BCUT2D eigenvalue weighted by molar-refractivity contribution is 5.74. The molecule has 1 N–H and O–H groups in total. The van der Waals surface area contributed by atoms with Crippen LogP contribution in [0.5, 0.6) is 5.75 Å². The van der Waals surface area contributed by atoms with Gasteiger partial charge in [-0.25, -0.2) is 4.79 Å². The third kappa shape index (κ3) is 4.29. The molecule has 2 aromatic rings. The first kappa shape index (κ1) is 17.3. The molecule has 7 nitrogen and oxygen atoms in total. The molecular formula is C18H24N4O3. The van der Waals surface area contributed by atoms with Crippen LogP contribution in [0, 0.1) is 5.92 Å². The highest BCUT2D eigenvalue weighted by Gasteiger charge is 2.27. The summed E-state index contributed by atoms with van der Waals surface area (Å²) in [5.74, 6) is 2.35. The van der Waals surface area contributed by atoms with Gasteiger partial charge in [0.05, 0.1) is 7.11 Å². The molecule has 1 aromatic carbocycles. The van der Waals surface area contributed by atoms with Crippen molar-refractivity contribution in [3.8, 4) is 17.2 Å². The lowest BCUT2D eigenvalue weighted by Gasteiger charge is -2.16. The SMILES string of the molecule is CCCNC(=O)N1CCC(Cc2noc(-c3ccc(OC)cc3)n2)C1. The summed E-state index contributed by atoms with van der Waals surface area (Å²) in [5, 5.41) is 7.00. The molecule has 0 spiro atoms. The molecule has 1 saturated heterocycles. The molecule has 2 amide bonds. The average Bonchev–Trinajstić information content (AvgIpc) is 3.30. The Bertz CT molecular complexity index is 699. The van der Waals surface area contributed by atoms with Crippen LogP contribution < -0.4 is 10.1 Å². The minimum atomic E-state index is 0.0244. The van der Waals surface area contributed by atoms with Gasteiger partial charge in [0.2, 0.25) is 0 Å². The fraction of sp³-hybridized carbons (Fsp3) is 0.500. The van der Waals surface area contributed by atoms with Gasteiger partial charge in [0.15, 0.2) is 5.82 Å². The van der Waals surface area contributed by atoms with E-state index in [0.29, 0.717) is 17.6 Å². The molecule has 134 valence electrons. The largest absolute Gasteiger partial charge is 0.497 e.